The van der Waals surface area contributed by atoms with E-state index in [1.54, 1.807) is 0 Å². The molecule has 1 aliphatic carbocycles. The summed E-state index contributed by atoms with van der Waals surface area (Å²) in [5.74, 6) is 0.160. The highest BCUT2D eigenvalue weighted by Crippen LogP contribution is 2.18. The van der Waals surface area contributed by atoms with Gasteiger partial charge in [-0.05, 0) is 18.3 Å². The van der Waals surface area contributed by atoms with Crippen LogP contribution in [0, 0.1) is 5.41 Å². The second-order valence-corrected chi connectivity index (χ2v) is 5.32. The average molecular weight is 198 g/mol. The van der Waals surface area contributed by atoms with Crippen molar-refractivity contribution in [3.05, 3.63) is 0 Å². The topological polar surface area (TPSA) is 41.1 Å². The molecule has 0 aliphatic heterocycles. The Morgan fingerprint density at radius 3 is 2.50 bits per heavy atom. The SMILES string of the molecule is CC(C)(C)CNC(=O)CCNC1CC1. The molecule has 3 heteroatoms. The summed E-state index contributed by atoms with van der Waals surface area (Å²) in [5, 5.41) is 6.26. The Morgan fingerprint density at radius 2 is 2.00 bits per heavy atom. The summed E-state index contributed by atoms with van der Waals surface area (Å²) < 4.78 is 0. The molecule has 82 valence electrons. The minimum atomic E-state index is 0.160. The third-order valence-corrected chi connectivity index (χ3v) is 2.18. The largest absolute Gasteiger partial charge is 0.356 e. The van der Waals surface area contributed by atoms with Crippen molar-refractivity contribution in [1.82, 2.24) is 10.6 Å². The van der Waals surface area contributed by atoms with Gasteiger partial charge in [0.2, 0.25) is 5.91 Å². The number of hydrogen-bond donors (Lipinski definition) is 2. The van der Waals surface area contributed by atoms with Crippen LogP contribution >= 0.6 is 0 Å². The molecule has 0 atom stereocenters. The van der Waals surface area contributed by atoms with Crippen LogP contribution in [-0.4, -0.2) is 25.0 Å². The molecular weight excluding hydrogens is 176 g/mol. The van der Waals surface area contributed by atoms with Crippen molar-refractivity contribution in [3.63, 3.8) is 0 Å². The number of rotatable bonds is 5. The molecule has 0 unspecified atom stereocenters. The van der Waals surface area contributed by atoms with Crippen molar-refractivity contribution >= 4 is 5.91 Å². The Labute approximate surface area is 86.6 Å². The van der Waals surface area contributed by atoms with Crippen molar-refractivity contribution in [3.8, 4) is 0 Å². The minimum absolute atomic E-state index is 0.160. The van der Waals surface area contributed by atoms with Gasteiger partial charge in [0.1, 0.15) is 0 Å². The van der Waals surface area contributed by atoms with Crippen LogP contribution < -0.4 is 10.6 Å². The Balaban J connectivity index is 1.97. The molecule has 0 saturated heterocycles. The van der Waals surface area contributed by atoms with Gasteiger partial charge < -0.3 is 10.6 Å². The van der Waals surface area contributed by atoms with Crippen LogP contribution in [0.5, 0.6) is 0 Å². The van der Waals surface area contributed by atoms with Crippen molar-refractivity contribution in [2.45, 2.75) is 46.1 Å². The number of nitrogens with one attached hydrogen (secondary N) is 2. The molecule has 1 aliphatic rings. The van der Waals surface area contributed by atoms with Crippen molar-refractivity contribution in [2.24, 2.45) is 5.41 Å². The third kappa shape index (κ3) is 5.97. The summed E-state index contributed by atoms with van der Waals surface area (Å²) in [6.45, 7) is 7.94. The zero-order chi connectivity index (χ0) is 10.6. The van der Waals surface area contributed by atoms with Crippen LogP contribution in [-0.2, 0) is 4.79 Å². The van der Waals surface area contributed by atoms with Crippen LogP contribution in [0.4, 0.5) is 0 Å². The molecule has 0 heterocycles. The monoisotopic (exact) mass is 198 g/mol. The number of amides is 1. The molecule has 1 fully saturated rings. The quantitative estimate of drug-likeness (QED) is 0.699. The van der Waals surface area contributed by atoms with E-state index < -0.39 is 0 Å². The van der Waals surface area contributed by atoms with Crippen LogP contribution in [0.25, 0.3) is 0 Å². The minimum Gasteiger partial charge on any atom is -0.356 e. The zero-order valence-electron chi connectivity index (χ0n) is 9.52. The van der Waals surface area contributed by atoms with Crippen molar-refractivity contribution < 1.29 is 4.79 Å². The van der Waals surface area contributed by atoms with E-state index in [-0.39, 0.29) is 11.3 Å². The predicted molar refractivity (Wildman–Crippen MR) is 58.1 cm³/mol. The molecule has 0 radical (unpaired) electrons. The number of carbonyl (C=O) groups is 1. The van der Waals surface area contributed by atoms with Gasteiger partial charge in [-0.25, -0.2) is 0 Å². The lowest BCUT2D eigenvalue weighted by atomic mass is 9.97. The molecule has 0 spiro atoms. The lowest BCUT2D eigenvalue weighted by Crippen LogP contribution is -2.34. The van der Waals surface area contributed by atoms with E-state index in [4.69, 9.17) is 0 Å². The summed E-state index contributed by atoms with van der Waals surface area (Å²) in [6, 6.07) is 0.699. The van der Waals surface area contributed by atoms with Gasteiger partial charge in [-0.15, -0.1) is 0 Å². The third-order valence-electron chi connectivity index (χ3n) is 2.18. The van der Waals surface area contributed by atoms with E-state index in [0.717, 1.165) is 13.1 Å². The van der Waals surface area contributed by atoms with Gasteiger partial charge in [-0.2, -0.15) is 0 Å². The van der Waals surface area contributed by atoms with E-state index in [2.05, 4.69) is 31.4 Å². The lowest BCUT2D eigenvalue weighted by molar-refractivity contribution is -0.121. The molecule has 0 aromatic carbocycles. The Hall–Kier alpha value is -0.570. The van der Waals surface area contributed by atoms with Crippen molar-refractivity contribution in [1.29, 1.82) is 0 Å². The fourth-order valence-corrected chi connectivity index (χ4v) is 1.13. The van der Waals surface area contributed by atoms with Gasteiger partial charge in [-0.3, -0.25) is 4.79 Å². The standard InChI is InChI=1S/C11H22N2O/c1-11(2,3)8-13-10(14)6-7-12-9-4-5-9/h9,12H,4-8H2,1-3H3,(H,13,14). The maximum atomic E-state index is 11.3. The molecule has 0 aromatic heterocycles. The molecule has 1 amide bonds. The van der Waals surface area contributed by atoms with Gasteiger partial charge >= 0.3 is 0 Å². The average Bonchev–Trinajstić information content (AvgIpc) is 2.83. The molecule has 1 saturated carbocycles. The van der Waals surface area contributed by atoms with E-state index in [0.29, 0.717) is 12.5 Å². The smallest absolute Gasteiger partial charge is 0.221 e. The first-order valence-electron chi connectivity index (χ1n) is 5.47. The summed E-state index contributed by atoms with van der Waals surface area (Å²) >= 11 is 0. The van der Waals surface area contributed by atoms with Gasteiger partial charge in [0, 0.05) is 25.6 Å². The first kappa shape index (κ1) is 11.5. The van der Waals surface area contributed by atoms with Gasteiger partial charge in [0.25, 0.3) is 0 Å². The summed E-state index contributed by atoms with van der Waals surface area (Å²) in [5.41, 5.74) is 0.180. The summed E-state index contributed by atoms with van der Waals surface area (Å²) in [7, 11) is 0. The lowest BCUT2D eigenvalue weighted by Gasteiger charge is -2.18. The molecule has 3 nitrogen and oxygen atoms in total. The molecule has 2 N–H and O–H groups in total. The Morgan fingerprint density at radius 1 is 1.36 bits per heavy atom. The molecule has 0 aromatic rings. The molecule has 1 rings (SSSR count). The highest BCUT2D eigenvalue weighted by atomic mass is 16.1. The predicted octanol–water partition coefficient (Wildman–Crippen LogP) is 1.29. The zero-order valence-corrected chi connectivity index (χ0v) is 9.52. The van der Waals surface area contributed by atoms with Gasteiger partial charge in [0.05, 0.1) is 0 Å². The van der Waals surface area contributed by atoms with Crippen LogP contribution in [0.2, 0.25) is 0 Å². The summed E-state index contributed by atoms with van der Waals surface area (Å²) in [6.07, 6.45) is 3.17. The second kappa shape index (κ2) is 4.78. The van der Waals surface area contributed by atoms with Gasteiger partial charge in [0.15, 0.2) is 0 Å². The van der Waals surface area contributed by atoms with E-state index in [1.165, 1.54) is 12.8 Å². The first-order valence-corrected chi connectivity index (χ1v) is 5.47. The van der Waals surface area contributed by atoms with E-state index in [1.807, 2.05) is 0 Å². The van der Waals surface area contributed by atoms with Crippen LogP contribution in [0.1, 0.15) is 40.0 Å². The normalized spacial score (nSPS) is 16.8. The van der Waals surface area contributed by atoms with Crippen LogP contribution in [0.3, 0.4) is 0 Å². The maximum Gasteiger partial charge on any atom is 0.221 e. The summed E-state index contributed by atoms with van der Waals surface area (Å²) in [4.78, 5) is 11.3. The maximum absolute atomic E-state index is 11.3. The highest BCUT2D eigenvalue weighted by Gasteiger charge is 2.20. The molecule has 14 heavy (non-hydrogen) atoms. The fourth-order valence-electron chi connectivity index (χ4n) is 1.13. The Bertz CT molecular complexity index is 192. The second-order valence-electron chi connectivity index (χ2n) is 5.32. The van der Waals surface area contributed by atoms with Gasteiger partial charge in [-0.1, -0.05) is 20.8 Å². The van der Waals surface area contributed by atoms with Crippen LogP contribution in [0.15, 0.2) is 0 Å². The highest BCUT2D eigenvalue weighted by molar-refractivity contribution is 5.76. The number of carbonyl (C=O) groups excluding carboxylic acids is 1. The molecule has 0 bridgehead atoms. The van der Waals surface area contributed by atoms with Crippen molar-refractivity contribution in [2.75, 3.05) is 13.1 Å². The van der Waals surface area contributed by atoms with E-state index in [9.17, 15) is 4.79 Å². The number of hydrogen-bond acceptors (Lipinski definition) is 2. The van der Waals surface area contributed by atoms with E-state index >= 15 is 0 Å². The first-order chi connectivity index (χ1) is 6.47. The fraction of sp³-hybridized carbons (Fsp3) is 0.909. The molecular formula is C11H22N2O. The Kier molecular flexibility index (Phi) is 3.93.